The average molecular weight is 494 g/mol. The summed E-state index contributed by atoms with van der Waals surface area (Å²) in [5, 5.41) is 6.39. The van der Waals surface area contributed by atoms with Gasteiger partial charge in [0, 0.05) is 51.4 Å². The number of benzene rings is 2. The first-order valence-corrected chi connectivity index (χ1v) is 12.6. The molecule has 3 amide bonds. The molecule has 0 bridgehead atoms. The molecule has 0 saturated carbocycles. The molecule has 0 spiro atoms. The zero-order chi connectivity index (χ0) is 25.3. The zero-order valence-corrected chi connectivity index (χ0v) is 20.9. The van der Waals surface area contributed by atoms with Crippen molar-refractivity contribution in [2.45, 2.75) is 19.3 Å². The maximum absolute atomic E-state index is 13.3. The molecule has 2 heterocycles. The predicted octanol–water partition coefficient (Wildman–Crippen LogP) is 2.58. The molecular formula is C27H35N5O4. The maximum atomic E-state index is 13.3. The molecule has 0 atom stereocenters. The van der Waals surface area contributed by atoms with Crippen LogP contribution in [0.25, 0.3) is 0 Å². The summed E-state index contributed by atoms with van der Waals surface area (Å²) in [6.07, 6.45) is 1.59. The van der Waals surface area contributed by atoms with Gasteiger partial charge in [-0.2, -0.15) is 0 Å². The highest BCUT2D eigenvalue weighted by Crippen LogP contribution is 2.29. The molecule has 9 nitrogen and oxygen atoms in total. The number of anilines is 2. The number of amides is 3. The first kappa shape index (κ1) is 25.5. The van der Waals surface area contributed by atoms with Crippen LogP contribution in [0, 0.1) is 0 Å². The smallest absolute Gasteiger partial charge is 0.409 e. The molecular weight excluding hydrogens is 458 g/mol. The Morgan fingerprint density at radius 2 is 1.69 bits per heavy atom. The number of methoxy groups -OCH3 is 1. The average Bonchev–Trinajstić information content (AvgIpc) is 3.32. The second-order valence-electron chi connectivity index (χ2n) is 9.14. The first-order chi connectivity index (χ1) is 17.5. The highest BCUT2D eigenvalue weighted by atomic mass is 16.5. The molecule has 2 N–H and O–H groups in total. The molecule has 0 aromatic heterocycles. The molecule has 0 unspecified atom stereocenters. The summed E-state index contributed by atoms with van der Waals surface area (Å²) in [5.74, 6) is -0.173. The second-order valence-corrected chi connectivity index (χ2v) is 9.14. The van der Waals surface area contributed by atoms with Crippen LogP contribution < -0.4 is 15.5 Å². The third kappa shape index (κ3) is 6.54. The number of nitrogens with one attached hydrogen (secondary N) is 2. The number of rotatable bonds is 5. The van der Waals surface area contributed by atoms with E-state index in [-0.39, 0.29) is 24.3 Å². The molecule has 36 heavy (non-hydrogen) atoms. The summed E-state index contributed by atoms with van der Waals surface area (Å²) in [6, 6.07) is 15.1. The lowest BCUT2D eigenvalue weighted by atomic mass is 10.1. The van der Waals surface area contributed by atoms with Crippen molar-refractivity contribution in [3.05, 3.63) is 59.7 Å². The van der Waals surface area contributed by atoms with Crippen LogP contribution >= 0.6 is 0 Å². The zero-order valence-electron chi connectivity index (χ0n) is 20.9. The molecule has 9 heteroatoms. The summed E-state index contributed by atoms with van der Waals surface area (Å²) in [7, 11) is 1.39. The number of ether oxygens (including phenoxy) is 1. The number of carbonyl (C=O) groups excluding carboxylic acids is 3. The largest absolute Gasteiger partial charge is 0.453 e. The highest BCUT2D eigenvalue weighted by Gasteiger charge is 2.24. The molecule has 2 aliphatic rings. The SMILES string of the molecule is COC(=O)N1CCCN(c2ccc(C(=O)N3CCCNCC3)cc2NC(=O)Cc2ccccc2)CC1. The van der Waals surface area contributed by atoms with Gasteiger partial charge in [-0.15, -0.1) is 0 Å². The third-order valence-electron chi connectivity index (χ3n) is 6.62. The van der Waals surface area contributed by atoms with Crippen molar-refractivity contribution in [2.24, 2.45) is 0 Å². The van der Waals surface area contributed by atoms with E-state index >= 15 is 0 Å². The minimum absolute atomic E-state index is 0.0310. The molecule has 2 aliphatic heterocycles. The van der Waals surface area contributed by atoms with Crippen LogP contribution in [0.5, 0.6) is 0 Å². The number of nitrogens with zero attached hydrogens (tertiary/aromatic N) is 3. The molecule has 2 aromatic carbocycles. The molecule has 192 valence electrons. The Bertz CT molecular complexity index is 1050. The van der Waals surface area contributed by atoms with Gasteiger partial charge in [0.1, 0.15) is 0 Å². The Kier molecular flexibility index (Phi) is 8.78. The molecule has 2 saturated heterocycles. The van der Waals surface area contributed by atoms with E-state index in [1.165, 1.54) is 7.11 Å². The first-order valence-electron chi connectivity index (χ1n) is 12.6. The lowest BCUT2D eigenvalue weighted by molar-refractivity contribution is -0.115. The third-order valence-corrected chi connectivity index (χ3v) is 6.62. The monoisotopic (exact) mass is 493 g/mol. The van der Waals surface area contributed by atoms with Gasteiger partial charge in [0.05, 0.1) is 24.9 Å². The fraction of sp³-hybridized carbons (Fsp3) is 0.444. The van der Waals surface area contributed by atoms with Crippen LogP contribution in [0.3, 0.4) is 0 Å². The van der Waals surface area contributed by atoms with E-state index in [4.69, 9.17) is 4.74 Å². The molecule has 4 rings (SSSR count). The summed E-state index contributed by atoms with van der Waals surface area (Å²) < 4.78 is 4.89. The lowest BCUT2D eigenvalue weighted by Gasteiger charge is -2.27. The van der Waals surface area contributed by atoms with Crippen LogP contribution in [-0.2, 0) is 16.0 Å². The summed E-state index contributed by atoms with van der Waals surface area (Å²) >= 11 is 0. The Balaban J connectivity index is 1.57. The van der Waals surface area contributed by atoms with Gasteiger partial charge in [0.2, 0.25) is 5.91 Å². The molecule has 2 aromatic rings. The van der Waals surface area contributed by atoms with Crippen molar-refractivity contribution >= 4 is 29.3 Å². The van der Waals surface area contributed by atoms with Crippen molar-refractivity contribution in [2.75, 3.05) is 69.7 Å². The van der Waals surface area contributed by atoms with E-state index in [2.05, 4.69) is 15.5 Å². The van der Waals surface area contributed by atoms with Crippen molar-refractivity contribution in [1.82, 2.24) is 15.1 Å². The van der Waals surface area contributed by atoms with E-state index in [9.17, 15) is 14.4 Å². The number of hydrogen-bond donors (Lipinski definition) is 2. The quantitative estimate of drug-likeness (QED) is 0.665. The Hall–Kier alpha value is -3.59. The van der Waals surface area contributed by atoms with Gasteiger partial charge in [-0.3, -0.25) is 9.59 Å². The van der Waals surface area contributed by atoms with Crippen LogP contribution in [0.4, 0.5) is 16.2 Å². The van der Waals surface area contributed by atoms with Gasteiger partial charge >= 0.3 is 6.09 Å². The van der Waals surface area contributed by atoms with Gasteiger partial charge < -0.3 is 30.1 Å². The van der Waals surface area contributed by atoms with E-state index < -0.39 is 0 Å². The minimum Gasteiger partial charge on any atom is -0.453 e. The van der Waals surface area contributed by atoms with Gasteiger partial charge in [-0.1, -0.05) is 30.3 Å². The fourth-order valence-electron chi connectivity index (χ4n) is 4.72. The van der Waals surface area contributed by atoms with Crippen molar-refractivity contribution in [3.8, 4) is 0 Å². The molecule has 2 fully saturated rings. The molecule has 0 radical (unpaired) electrons. The standard InChI is InChI=1S/C27H35N5O4/c1-36-27(35)32-15-6-14-30(17-18-32)24-10-9-22(26(34)31-13-5-11-28-12-16-31)20-23(24)29-25(33)19-21-7-3-2-4-8-21/h2-4,7-10,20,28H,5-6,11-19H2,1H3,(H,29,33). The van der Waals surface area contributed by atoms with E-state index in [1.807, 2.05) is 47.4 Å². The number of hydrogen-bond acceptors (Lipinski definition) is 6. The number of carbonyl (C=O) groups is 3. The van der Waals surface area contributed by atoms with Crippen LogP contribution in [0.15, 0.2) is 48.5 Å². The van der Waals surface area contributed by atoms with Crippen molar-refractivity contribution in [1.29, 1.82) is 0 Å². The molecule has 0 aliphatic carbocycles. The van der Waals surface area contributed by atoms with Gasteiger partial charge in [0.15, 0.2) is 0 Å². The minimum atomic E-state index is -0.332. The van der Waals surface area contributed by atoms with E-state index in [1.54, 1.807) is 11.0 Å². The van der Waals surface area contributed by atoms with Gasteiger partial charge in [-0.25, -0.2) is 4.79 Å². The van der Waals surface area contributed by atoms with Crippen LogP contribution in [0.1, 0.15) is 28.8 Å². The Morgan fingerprint density at radius 3 is 2.50 bits per heavy atom. The van der Waals surface area contributed by atoms with Crippen LogP contribution in [-0.4, -0.2) is 87.2 Å². The summed E-state index contributed by atoms with van der Waals surface area (Å²) in [5.41, 5.74) is 2.93. The fourth-order valence-corrected chi connectivity index (χ4v) is 4.72. The van der Waals surface area contributed by atoms with Gasteiger partial charge in [0.25, 0.3) is 5.91 Å². The van der Waals surface area contributed by atoms with Crippen molar-refractivity contribution < 1.29 is 19.1 Å². The Morgan fingerprint density at radius 1 is 0.889 bits per heavy atom. The summed E-state index contributed by atoms with van der Waals surface area (Å²) in [6.45, 7) is 5.49. The maximum Gasteiger partial charge on any atom is 0.409 e. The lowest BCUT2D eigenvalue weighted by Crippen LogP contribution is -2.35. The van der Waals surface area contributed by atoms with Crippen molar-refractivity contribution in [3.63, 3.8) is 0 Å². The topological polar surface area (TPSA) is 94.2 Å². The predicted molar refractivity (Wildman–Crippen MR) is 139 cm³/mol. The second kappa shape index (κ2) is 12.4. The Labute approximate surface area is 212 Å². The van der Waals surface area contributed by atoms with Gasteiger partial charge in [-0.05, 0) is 43.1 Å². The van der Waals surface area contributed by atoms with E-state index in [0.717, 1.165) is 43.7 Å². The highest BCUT2D eigenvalue weighted by molar-refractivity contribution is 6.00. The normalized spacial score (nSPS) is 16.6. The van der Waals surface area contributed by atoms with Crippen LogP contribution in [0.2, 0.25) is 0 Å². The van der Waals surface area contributed by atoms with E-state index in [0.29, 0.717) is 44.0 Å². The summed E-state index contributed by atoms with van der Waals surface area (Å²) in [4.78, 5) is 44.0.